The summed E-state index contributed by atoms with van der Waals surface area (Å²) >= 11 is 0. The maximum absolute atomic E-state index is 5.21. The van der Waals surface area contributed by atoms with Crippen molar-refractivity contribution in [1.82, 2.24) is 24.1 Å². The van der Waals surface area contributed by atoms with E-state index < -0.39 is 0 Å². The minimum atomic E-state index is 0.132. The van der Waals surface area contributed by atoms with Gasteiger partial charge in [-0.2, -0.15) is 9.97 Å². The Morgan fingerprint density at radius 2 is 0.908 bits per heavy atom. The Bertz CT molecular complexity index is 3570. The molecule has 3 heterocycles. The van der Waals surface area contributed by atoms with Crippen LogP contribution < -0.4 is 0 Å². The molecule has 0 spiro atoms. The van der Waals surface area contributed by atoms with Gasteiger partial charge in [-0.25, -0.2) is 4.98 Å². The summed E-state index contributed by atoms with van der Waals surface area (Å²) in [6, 6.07) is 67.7. The van der Waals surface area contributed by atoms with Gasteiger partial charge in [-0.1, -0.05) is 180 Å². The fourth-order valence-corrected chi connectivity index (χ4v) is 10.7. The van der Waals surface area contributed by atoms with Crippen molar-refractivity contribution in [1.29, 1.82) is 0 Å². The third kappa shape index (κ3) is 6.32. The van der Waals surface area contributed by atoms with Crippen LogP contribution in [0.1, 0.15) is 52.2 Å². The molecule has 5 nitrogen and oxygen atoms in total. The normalized spacial score (nSPS) is 15.5. The van der Waals surface area contributed by atoms with Crippen LogP contribution in [0.4, 0.5) is 0 Å². The lowest BCUT2D eigenvalue weighted by molar-refractivity contribution is 0.233. The van der Waals surface area contributed by atoms with Gasteiger partial charge in [0.15, 0.2) is 11.6 Å². The van der Waals surface area contributed by atoms with Gasteiger partial charge < -0.3 is 4.57 Å². The Kier molecular flexibility index (Phi) is 8.83. The van der Waals surface area contributed by atoms with E-state index >= 15 is 0 Å². The summed E-state index contributed by atoms with van der Waals surface area (Å²) in [5.41, 5.74) is 15.5. The molecule has 0 N–H and O–H groups in total. The minimum Gasteiger partial charge on any atom is -0.309 e. The summed E-state index contributed by atoms with van der Waals surface area (Å²) in [5.74, 6) is 2.47. The average molecular weight is 840 g/mol. The molecular formula is C60H49N5. The molecule has 65 heavy (non-hydrogen) atoms. The van der Waals surface area contributed by atoms with Crippen LogP contribution in [0.3, 0.4) is 0 Å². The molecule has 5 heteroatoms. The summed E-state index contributed by atoms with van der Waals surface area (Å²) in [6.07, 6.45) is 1.19. The largest absolute Gasteiger partial charge is 0.309 e. The summed E-state index contributed by atoms with van der Waals surface area (Å²) in [6.45, 7) is 12.1. The van der Waals surface area contributed by atoms with E-state index in [9.17, 15) is 0 Å². The van der Waals surface area contributed by atoms with E-state index in [1.807, 2.05) is 36.4 Å². The standard InChI is InChI=1S/C60H49N5/c1-38-37-59(2,3)51-34-44(29-32-50(51)60(38,4)5)43-22-16-21-42(33-43)39-27-30-45(31-28-39)64-52-25-14-12-23-46(52)48-35-49-47-24-13-15-26-53(47)65(55(49)36-54(48)64)58-62-56(40-17-8-6-9-18-40)61-57(63-58)41-19-10-7-11-20-41/h6-36,38H,37H2,1-5H3. The first-order chi connectivity index (χ1) is 31.6. The van der Waals surface area contributed by atoms with Crippen molar-refractivity contribution in [3.05, 3.63) is 199 Å². The van der Waals surface area contributed by atoms with E-state index in [-0.39, 0.29) is 10.8 Å². The zero-order valence-electron chi connectivity index (χ0n) is 37.4. The lowest BCUT2D eigenvalue weighted by atomic mass is 9.58. The monoisotopic (exact) mass is 839 g/mol. The molecule has 1 aliphatic carbocycles. The van der Waals surface area contributed by atoms with E-state index in [1.165, 1.54) is 50.6 Å². The SMILES string of the molecule is CC1CC(C)(C)c2cc(-c3cccc(-c4ccc(-n5c6ccccc6c6cc7c8ccccc8n(-c8nc(-c9ccccc9)nc(-c9ccccc9)n8)c7cc65)cc4)c3)ccc2C1(C)C. The van der Waals surface area contributed by atoms with Crippen molar-refractivity contribution >= 4 is 43.6 Å². The number of para-hydroxylation sites is 2. The first kappa shape index (κ1) is 39.0. The van der Waals surface area contributed by atoms with E-state index in [2.05, 4.69) is 195 Å². The highest BCUT2D eigenvalue weighted by Crippen LogP contribution is 2.50. The molecule has 0 aliphatic heterocycles. The summed E-state index contributed by atoms with van der Waals surface area (Å²) in [5, 5.41) is 4.70. The third-order valence-corrected chi connectivity index (χ3v) is 14.5. The molecule has 0 amide bonds. The van der Waals surface area contributed by atoms with Gasteiger partial charge in [-0.3, -0.25) is 4.57 Å². The second kappa shape index (κ2) is 14.7. The second-order valence-electron chi connectivity index (χ2n) is 19.2. The van der Waals surface area contributed by atoms with Crippen LogP contribution in [0.25, 0.3) is 100 Å². The van der Waals surface area contributed by atoms with Crippen molar-refractivity contribution in [2.24, 2.45) is 5.92 Å². The zero-order chi connectivity index (χ0) is 44.0. The molecule has 8 aromatic carbocycles. The topological polar surface area (TPSA) is 48.5 Å². The van der Waals surface area contributed by atoms with Crippen LogP contribution in [0.2, 0.25) is 0 Å². The molecule has 0 bridgehead atoms. The number of aromatic nitrogens is 5. The lowest BCUT2D eigenvalue weighted by Crippen LogP contribution is -2.40. The van der Waals surface area contributed by atoms with Crippen molar-refractivity contribution in [2.45, 2.75) is 51.9 Å². The quantitative estimate of drug-likeness (QED) is 0.168. The summed E-state index contributed by atoms with van der Waals surface area (Å²) in [7, 11) is 0. The average Bonchev–Trinajstić information content (AvgIpc) is 3.85. The highest BCUT2D eigenvalue weighted by atomic mass is 15.2. The predicted molar refractivity (Wildman–Crippen MR) is 270 cm³/mol. The van der Waals surface area contributed by atoms with Gasteiger partial charge in [0.2, 0.25) is 5.95 Å². The Morgan fingerprint density at radius 3 is 1.54 bits per heavy atom. The van der Waals surface area contributed by atoms with E-state index in [4.69, 9.17) is 15.0 Å². The number of hydrogen-bond acceptors (Lipinski definition) is 3. The first-order valence-corrected chi connectivity index (χ1v) is 22.8. The number of fused-ring (bicyclic) bond motifs is 7. The summed E-state index contributed by atoms with van der Waals surface area (Å²) < 4.78 is 4.62. The van der Waals surface area contributed by atoms with Gasteiger partial charge in [0.25, 0.3) is 0 Å². The van der Waals surface area contributed by atoms with Crippen molar-refractivity contribution in [3.8, 4) is 56.7 Å². The van der Waals surface area contributed by atoms with E-state index in [0.29, 0.717) is 23.5 Å². The second-order valence-corrected chi connectivity index (χ2v) is 19.2. The van der Waals surface area contributed by atoms with Gasteiger partial charge in [-0.15, -0.1) is 0 Å². The molecule has 1 aliphatic rings. The molecule has 314 valence electrons. The van der Waals surface area contributed by atoms with Gasteiger partial charge in [-0.05, 0) is 99.0 Å². The van der Waals surface area contributed by atoms with Gasteiger partial charge in [0.1, 0.15) is 0 Å². The predicted octanol–water partition coefficient (Wildman–Crippen LogP) is 15.3. The zero-order valence-corrected chi connectivity index (χ0v) is 37.4. The van der Waals surface area contributed by atoms with Crippen LogP contribution in [0, 0.1) is 5.92 Å². The minimum absolute atomic E-state index is 0.132. The van der Waals surface area contributed by atoms with Crippen LogP contribution in [-0.2, 0) is 10.8 Å². The first-order valence-electron chi connectivity index (χ1n) is 22.8. The molecule has 0 saturated carbocycles. The highest BCUT2D eigenvalue weighted by Gasteiger charge is 2.42. The highest BCUT2D eigenvalue weighted by molar-refractivity contribution is 6.19. The van der Waals surface area contributed by atoms with Crippen molar-refractivity contribution in [2.75, 3.05) is 0 Å². The van der Waals surface area contributed by atoms with Crippen LogP contribution in [0.5, 0.6) is 0 Å². The molecule has 0 saturated heterocycles. The Hall–Kier alpha value is -7.63. The number of rotatable bonds is 6. The number of benzene rings is 8. The number of hydrogen-bond donors (Lipinski definition) is 0. The Morgan fingerprint density at radius 1 is 0.400 bits per heavy atom. The molecule has 0 radical (unpaired) electrons. The fourth-order valence-electron chi connectivity index (χ4n) is 10.7. The lowest BCUT2D eigenvalue weighted by Gasteiger charge is -2.46. The summed E-state index contributed by atoms with van der Waals surface area (Å²) in [4.78, 5) is 15.4. The van der Waals surface area contributed by atoms with Crippen LogP contribution in [0.15, 0.2) is 188 Å². The van der Waals surface area contributed by atoms with Gasteiger partial charge >= 0.3 is 0 Å². The van der Waals surface area contributed by atoms with Crippen LogP contribution in [-0.4, -0.2) is 24.1 Å². The van der Waals surface area contributed by atoms with Gasteiger partial charge in [0, 0.05) is 38.4 Å². The Balaban J connectivity index is 0.997. The van der Waals surface area contributed by atoms with E-state index in [0.717, 1.165) is 49.7 Å². The smallest absolute Gasteiger partial charge is 0.238 e. The van der Waals surface area contributed by atoms with Crippen molar-refractivity contribution in [3.63, 3.8) is 0 Å². The molecular weight excluding hydrogens is 791 g/mol. The maximum Gasteiger partial charge on any atom is 0.238 e. The van der Waals surface area contributed by atoms with E-state index in [1.54, 1.807) is 0 Å². The number of nitrogens with zero attached hydrogens (tertiary/aromatic N) is 5. The Labute approximate surface area is 379 Å². The molecule has 3 aromatic heterocycles. The molecule has 1 atom stereocenters. The molecule has 1 unspecified atom stereocenters. The van der Waals surface area contributed by atoms with Crippen molar-refractivity contribution < 1.29 is 0 Å². The third-order valence-electron chi connectivity index (χ3n) is 14.5. The van der Waals surface area contributed by atoms with Gasteiger partial charge in [0.05, 0.1) is 22.1 Å². The maximum atomic E-state index is 5.21. The molecule has 12 rings (SSSR count). The fraction of sp³-hybridized carbons (Fsp3) is 0.150. The molecule has 11 aromatic rings. The molecule has 0 fully saturated rings. The van der Waals surface area contributed by atoms with Crippen LogP contribution >= 0.6 is 0 Å².